The van der Waals surface area contributed by atoms with Crippen LogP contribution in [-0.2, 0) is 11.6 Å². The summed E-state index contributed by atoms with van der Waals surface area (Å²) in [6.45, 7) is -1.28. The van der Waals surface area contributed by atoms with Crippen molar-refractivity contribution >= 4 is 0 Å². The summed E-state index contributed by atoms with van der Waals surface area (Å²) in [6, 6.07) is 2.04. The van der Waals surface area contributed by atoms with Crippen LogP contribution in [0, 0.1) is 0 Å². The zero-order chi connectivity index (χ0) is 16.7. The summed E-state index contributed by atoms with van der Waals surface area (Å²) >= 11 is 0. The van der Waals surface area contributed by atoms with Gasteiger partial charge in [0, 0.05) is 0 Å². The fraction of sp³-hybridized carbons (Fsp3) is 0.500. The molecule has 0 heterocycles. The van der Waals surface area contributed by atoms with E-state index in [-0.39, 0.29) is 0 Å². The molecule has 0 aliphatic carbocycles. The van der Waals surface area contributed by atoms with Gasteiger partial charge in [0.2, 0.25) is 0 Å². The molecule has 2 N–H and O–H groups in total. The van der Waals surface area contributed by atoms with Gasteiger partial charge in [-0.15, -0.1) is 0 Å². The van der Waals surface area contributed by atoms with Gasteiger partial charge >= 0.3 is 12.4 Å². The highest BCUT2D eigenvalue weighted by atomic mass is 19.4. The lowest BCUT2D eigenvalue weighted by molar-refractivity contribution is -0.376. The van der Waals surface area contributed by atoms with Crippen LogP contribution in [0.15, 0.2) is 24.3 Å². The molecule has 0 spiro atoms. The Balaban J connectivity index is 3.34. The van der Waals surface area contributed by atoms with Crippen LogP contribution in [0.1, 0.15) is 18.1 Å². The van der Waals surface area contributed by atoms with Crippen molar-refractivity contribution in [3.63, 3.8) is 0 Å². The molecule has 0 fully saturated rings. The highest BCUT2D eigenvalue weighted by Crippen LogP contribution is 2.44. The molecule has 0 aliphatic rings. The van der Waals surface area contributed by atoms with Crippen LogP contribution in [0.25, 0.3) is 0 Å². The Kier molecular flexibility index (Phi) is 4.32. The summed E-state index contributed by atoms with van der Waals surface area (Å²) < 4.78 is 88.0. The highest BCUT2D eigenvalue weighted by Gasteiger charge is 2.64. The average molecular weight is 320 g/mol. The van der Waals surface area contributed by atoms with E-state index < -0.39 is 41.4 Å². The van der Waals surface area contributed by atoms with Gasteiger partial charge in [0.05, 0.1) is 11.0 Å². The third kappa shape index (κ3) is 2.98. The molecule has 1 aromatic rings. The molecule has 0 aliphatic heterocycles. The fourth-order valence-electron chi connectivity index (χ4n) is 1.71. The molecule has 1 aromatic carbocycles. The summed E-state index contributed by atoms with van der Waals surface area (Å²) in [6.07, 6.45) is -10.3. The van der Waals surface area contributed by atoms with Gasteiger partial charge in [-0.05, 0) is 24.6 Å². The van der Waals surface area contributed by atoms with Crippen LogP contribution < -0.4 is 0 Å². The van der Waals surface area contributed by atoms with E-state index in [0.717, 1.165) is 0 Å². The molecule has 2 nitrogen and oxygen atoms in total. The van der Waals surface area contributed by atoms with Crippen molar-refractivity contribution < 1.29 is 40.9 Å². The number of halogens is 7. The molecule has 0 radical (unpaired) electrons. The van der Waals surface area contributed by atoms with Gasteiger partial charge in [0.15, 0.2) is 0 Å². The maximum absolute atomic E-state index is 13.0. The Morgan fingerprint density at radius 2 is 1.24 bits per heavy atom. The SMILES string of the molecule is CC(CF)(c1ccc(C(F)(F)F)cc1)C(O)(O)C(F)(F)F. The Hall–Kier alpha value is -1.35. The van der Waals surface area contributed by atoms with E-state index in [1.54, 1.807) is 0 Å². The minimum absolute atomic E-state index is 0.440. The van der Waals surface area contributed by atoms with Crippen molar-refractivity contribution in [3.05, 3.63) is 35.4 Å². The largest absolute Gasteiger partial charge is 0.443 e. The van der Waals surface area contributed by atoms with Crippen molar-refractivity contribution in [3.8, 4) is 0 Å². The minimum Gasteiger partial charge on any atom is -0.358 e. The quantitative estimate of drug-likeness (QED) is 0.663. The third-order valence-corrected chi connectivity index (χ3v) is 3.28. The predicted octanol–water partition coefficient (Wildman–Crippen LogP) is 3.18. The van der Waals surface area contributed by atoms with Crippen molar-refractivity contribution in [2.45, 2.75) is 30.5 Å². The number of rotatable bonds is 3. The van der Waals surface area contributed by atoms with Gasteiger partial charge in [-0.3, -0.25) is 0 Å². The summed E-state index contributed by atoms with van der Waals surface area (Å²) in [4.78, 5) is 0. The van der Waals surface area contributed by atoms with Gasteiger partial charge in [-0.2, -0.15) is 26.3 Å². The normalized spacial score (nSPS) is 16.7. The molecule has 0 saturated heterocycles. The maximum atomic E-state index is 13.0. The molecule has 0 saturated carbocycles. The van der Waals surface area contributed by atoms with Gasteiger partial charge in [0.25, 0.3) is 5.79 Å². The number of hydrogen-bond donors (Lipinski definition) is 2. The summed E-state index contributed by atoms with van der Waals surface area (Å²) in [5.74, 6) is -4.44. The molecule has 1 atom stereocenters. The van der Waals surface area contributed by atoms with Crippen LogP contribution in [0.4, 0.5) is 30.7 Å². The fourth-order valence-corrected chi connectivity index (χ4v) is 1.71. The van der Waals surface area contributed by atoms with Gasteiger partial charge < -0.3 is 10.2 Å². The van der Waals surface area contributed by atoms with Crippen molar-refractivity contribution in [1.29, 1.82) is 0 Å². The van der Waals surface area contributed by atoms with Crippen molar-refractivity contribution in [2.24, 2.45) is 0 Å². The summed E-state index contributed by atoms with van der Waals surface area (Å²) in [7, 11) is 0. The molecular weight excluding hydrogens is 309 g/mol. The maximum Gasteiger partial charge on any atom is 0.443 e. The second-order valence-electron chi connectivity index (χ2n) is 4.71. The zero-order valence-electron chi connectivity index (χ0n) is 10.6. The molecule has 0 aromatic heterocycles. The number of aliphatic hydroxyl groups is 2. The summed E-state index contributed by atoms with van der Waals surface area (Å²) in [5, 5.41) is 18.4. The molecule has 9 heteroatoms. The lowest BCUT2D eigenvalue weighted by atomic mass is 9.75. The molecule has 0 amide bonds. The monoisotopic (exact) mass is 320 g/mol. The third-order valence-electron chi connectivity index (χ3n) is 3.28. The minimum atomic E-state index is -5.59. The molecular formula is C12H11F7O2. The van der Waals surface area contributed by atoms with Crippen molar-refractivity contribution in [1.82, 2.24) is 0 Å². The summed E-state index contributed by atoms with van der Waals surface area (Å²) in [5.41, 5.74) is -4.64. The number of benzene rings is 1. The lowest BCUT2D eigenvalue weighted by Crippen LogP contribution is -2.60. The van der Waals surface area contributed by atoms with Crippen LogP contribution in [0.3, 0.4) is 0 Å². The lowest BCUT2D eigenvalue weighted by Gasteiger charge is -2.40. The first kappa shape index (κ1) is 17.7. The number of alkyl halides is 7. The Morgan fingerprint density at radius 1 is 0.857 bits per heavy atom. The molecule has 21 heavy (non-hydrogen) atoms. The molecule has 1 rings (SSSR count). The average Bonchev–Trinajstić information content (AvgIpc) is 2.35. The Labute approximate surface area is 114 Å². The zero-order valence-corrected chi connectivity index (χ0v) is 10.6. The van der Waals surface area contributed by atoms with Crippen LogP contribution in [0.5, 0.6) is 0 Å². The van der Waals surface area contributed by atoms with Crippen LogP contribution >= 0.6 is 0 Å². The van der Waals surface area contributed by atoms with Gasteiger partial charge in [-0.25, -0.2) is 4.39 Å². The van der Waals surface area contributed by atoms with E-state index >= 15 is 0 Å². The highest BCUT2D eigenvalue weighted by molar-refractivity contribution is 5.32. The van der Waals surface area contributed by atoms with Crippen LogP contribution in [-0.4, -0.2) is 28.9 Å². The standard InChI is InChI=1S/C12H11F7O2/c1-9(6-13,11(20,21)12(17,18)19)7-2-4-8(5-3-7)10(14,15)16/h2-5,20-21H,6H2,1H3. The first-order chi connectivity index (χ1) is 9.27. The Morgan fingerprint density at radius 3 is 1.52 bits per heavy atom. The smallest absolute Gasteiger partial charge is 0.358 e. The van der Waals surface area contributed by atoms with E-state index in [0.29, 0.717) is 31.2 Å². The van der Waals surface area contributed by atoms with E-state index in [1.807, 2.05) is 0 Å². The molecule has 120 valence electrons. The molecule has 0 bridgehead atoms. The second kappa shape index (κ2) is 5.13. The second-order valence-corrected chi connectivity index (χ2v) is 4.71. The van der Waals surface area contributed by atoms with Gasteiger partial charge in [-0.1, -0.05) is 12.1 Å². The first-order valence-electron chi connectivity index (χ1n) is 5.52. The predicted molar refractivity (Wildman–Crippen MR) is 58.0 cm³/mol. The molecule has 1 unspecified atom stereocenters. The van der Waals surface area contributed by atoms with E-state index in [1.165, 1.54) is 0 Å². The van der Waals surface area contributed by atoms with Crippen molar-refractivity contribution in [2.75, 3.05) is 6.67 Å². The van der Waals surface area contributed by atoms with E-state index in [4.69, 9.17) is 0 Å². The van der Waals surface area contributed by atoms with E-state index in [9.17, 15) is 40.9 Å². The van der Waals surface area contributed by atoms with Gasteiger partial charge in [0.1, 0.15) is 6.67 Å². The van der Waals surface area contributed by atoms with Crippen LogP contribution in [0.2, 0.25) is 0 Å². The number of hydrogen-bond acceptors (Lipinski definition) is 2. The first-order valence-corrected chi connectivity index (χ1v) is 5.52. The topological polar surface area (TPSA) is 40.5 Å². The Bertz CT molecular complexity index is 490. The van der Waals surface area contributed by atoms with E-state index in [2.05, 4.69) is 0 Å².